The van der Waals surface area contributed by atoms with Gasteiger partial charge in [-0.2, -0.15) is 5.10 Å². The molecule has 7 nitrogen and oxygen atoms in total. The molecule has 0 spiro atoms. The summed E-state index contributed by atoms with van der Waals surface area (Å²) in [7, 11) is 0. The predicted molar refractivity (Wildman–Crippen MR) is 137 cm³/mol. The minimum atomic E-state index is -0.0656. The lowest BCUT2D eigenvalue weighted by Crippen LogP contribution is -2.52. The van der Waals surface area contributed by atoms with E-state index in [-0.39, 0.29) is 5.91 Å². The fourth-order valence-electron chi connectivity index (χ4n) is 5.42. The van der Waals surface area contributed by atoms with Gasteiger partial charge in [-0.25, -0.2) is 4.52 Å². The van der Waals surface area contributed by atoms with E-state index in [2.05, 4.69) is 34.7 Å². The topological polar surface area (TPSA) is 57.0 Å². The Bertz CT molecular complexity index is 1340. The maximum absolute atomic E-state index is 13.4. The van der Waals surface area contributed by atoms with Gasteiger partial charge in [0.15, 0.2) is 0 Å². The Balaban J connectivity index is 1.28. The number of aryl methyl sites for hydroxylation is 2. The van der Waals surface area contributed by atoms with E-state index >= 15 is 0 Å². The first-order valence-electron chi connectivity index (χ1n) is 12.7. The van der Waals surface area contributed by atoms with Gasteiger partial charge in [0.1, 0.15) is 0 Å². The third-order valence-electron chi connectivity index (χ3n) is 7.37. The third-order valence-corrected chi connectivity index (χ3v) is 7.37. The zero-order valence-corrected chi connectivity index (χ0v) is 20.7. The van der Waals surface area contributed by atoms with Crippen molar-refractivity contribution >= 4 is 17.0 Å². The average molecular weight is 469 g/mol. The van der Waals surface area contributed by atoms with Crippen molar-refractivity contribution in [3.63, 3.8) is 0 Å². The summed E-state index contributed by atoms with van der Waals surface area (Å²) >= 11 is 0. The summed E-state index contributed by atoms with van der Waals surface area (Å²) < 4.78 is 1.87. The number of carbonyl (C=O) groups excluding carboxylic acids is 1. The molecule has 1 amide bonds. The molecule has 2 aromatic rings. The molecular weight excluding hydrogens is 436 g/mol. The summed E-state index contributed by atoms with van der Waals surface area (Å²) in [4.78, 5) is 24.9. The van der Waals surface area contributed by atoms with Gasteiger partial charge >= 0.3 is 0 Å². The van der Waals surface area contributed by atoms with E-state index in [1.54, 1.807) is 11.0 Å². The molecule has 3 aliphatic heterocycles. The van der Waals surface area contributed by atoms with Crippen molar-refractivity contribution in [2.45, 2.75) is 52.1 Å². The maximum Gasteiger partial charge on any atom is 0.255 e. The molecule has 2 aromatic heterocycles. The van der Waals surface area contributed by atoms with Gasteiger partial charge in [0.25, 0.3) is 5.91 Å². The van der Waals surface area contributed by atoms with Crippen LogP contribution in [0.25, 0.3) is 11.1 Å². The summed E-state index contributed by atoms with van der Waals surface area (Å²) in [6.45, 7) is 9.46. The Labute approximate surface area is 206 Å². The molecule has 2 fully saturated rings. The molecule has 1 atom stereocenters. The maximum atomic E-state index is 13.4. The summed E-state index contributed by atoms with van der Waals surface area (Å²) in [6, 6.07) is 3.34. The quantitative estimate of drug-likeness (QED) is 0.682. The van der Waals surface area contributed by atoms with Crippen LogP contribution in [0, 0.1) is 6.92 Å². The summed E-state index contributed by atoms with van der Waals surface area (Å²) in [5.74, 6) is -0.0656. The van der Waals surface area contributed by atoms with Crippen LogP contribution in [0.2, 0.25) is 0 Å². The van der Waals surface area contributed by atoms with Crippen LogP contribution in [-0.2, 0) is 11.2 Å². The van der Waals surface area contributed by atoms with Crippen LogP contribution in [0.3, 0.4) is 0 Å². The molecule has 4 aliphatic rings. The lowest BCUT2D eigenvalue weighted by Gasteiger charge is -2.42. The van der Waals surface area contributed by atoms with Crippen molar-refractivity contribution < 1.29 is 4.79 Å². The molecule has 1 saturated carbocycles. The molecule has 0 bridgehead atoms. The van der Waals surface area contributed by atoms with Gasteiger partial charge in [0.2, 0.25) is 0 Å². The molecule has 35 heavy (non-hydrogen) atoms. The number of amides is 1. The standard InChI is InChI=1S/C28H32N6O/c1-4-25-27-15-26(30-34(27)16-19(2)29-25)21-6-5-7-22-10-11-24(18-33(22)28(35)14-21)31-12-13-32(20(3)17-31)23-8-9-23/h5-7,10-11,14-16,18,20,23H,4,8-9,12-13,17H2,1-3H3/b6-5+,21-14+,22-7+/t20-/m1/s1. The van der Waals surface area contributed by atoms with Crippen molar-refractivity contribution in [3.8, 4) is 0 Å². The lowest BCUT2D eigenvalue weighted by molar-refractivity contribution is -0.122. The Kier molecular flexibility index (Phi) is 5.44. The smallest absolute Gasteiger partial charge is 0.255 e. The number of hydrogen-bond acceptors (Lipinski definition) is 5. The first kappa shape index (κ1) is 22.0. The fraction of sp³-hybridized carbons (Fsp3) is 0.393. The molecule has 0 radical (unpaired) electrons. The normalized spacial score (nSPS) is 27.0. The van der Waals surface area contributed by atoms with Crippen LogP contribution in [0.15, 0.2) is 66.3 Å². The van der Waals surface area contributed by atoms with Crippen LogP contribution < -0.4 is 0 Å². The zero-order valence-electron chi connectivity index (χ0n) is 20.7. The molecule has 0 aromatic carbocycles. The third kappa shape index (κ3) is 4.14. The number of piperazine rings is 1. The zero-order chi connectivity index (χ0) is 24.1. The molecular formula is C28H32N6O. The highest BCUT2D eigenvalue weighted by Crippen LogP contribution is 2.32. The average Bonchev–Trinajstić information content (AvgIpc) is 3.60. The minimum Gasteiger partial charge on any atom is -0.367 e. The molecule has 1 aliphatic carbocycles. The summed E-state index contributed by atoms with van der Waals surface area (Å²) in [5, 5.41) is 4.76. The number of allylic oxidation sites excluding steroid dienone is 6. The number of aromatic nitrogens is 3. The van der Waals surface area contributed by atoms with E-state index in [9.17, 15) is 4.79 Å². The highest BCUT2D eigenvalue weighted by atomic mass is 16.2. The van der Waals surface area contributed by atoms with E-state index in [1.807, 2.05) is 54.2 Å². The van der Waals surface area contributed by atoms with Crippen LogP contribution >= 0.6 is 0 Å². The Morgan fingerprint density at radius 2 is 1.94 bits per heavy atom. The van der Waals surface area contributed by atoms with Crippen LogP contribution in [0.1, 0.15) is 43.8 Å². The summed E-state index contributed by atoms with van der Waals surface area (Å²) in [6.07, 6.45) is 19.3. The number of nitrogens with zero attached hydrogens (tertiary/aromatic N) is 6. The molecule has 0 N–H and O–H groups in total. The number of fused-ring (bicyclic) bond motifs is 2. The second-order valence-electron chi connectivity index (χ2n) is 9.95. The number of hydrogen-bond donors (Lipinski definition) is 0. The predicted octanol–water partition coefficient (Wildman–Crippen LogP) is 3.85. The fourth-order valence-corrected chi connectivity index (χ4v) is 5.42. The van der Waals surface area contributed by atoms with Crippen molar-refractivity contribution in [1.29, 1.82) is 0 Å². The Morgan fingerprint density at radius 3 is 2.71 bits per heavy atom. The number of rotatable bonds is 4. The van der Waals surface area contributed by atoms with Crippen molar-refractivity contribution in [1.82, 2.24) is 29.3 Å². The molecule has 180 valence electrons. The van der Waals surface area contributed by atoms with Crippen molar-refractivity contribution in [3.05, 3.63) is 83.4 Å². The van der Waals surface area contributed by atoms with Crippen LogP contribution in [0.5, 0.6) is 0 Å². The molecule has 6 rings (SSSR count). The van der Waals surface area contributed by atoms with Gasteiger partial charge in [0.05, 0.1) is 34.5 Å². The lowest BCUT2D eigenvalue weighted by atomic mass is 10.1. The van der Waals surface area contributed by atoms with Crippen LogP contribution in [0.4, 0.5) is 0 Å². The second kappa shape index (κ2) is 8.64. The second-order valence-corrected chi connectivity index (χ2v) is 9.95. The van der Waals surface area contributed by atoms with Gasteiger partial charge in [-0.3, -0.25) is 19.6 Å². The van der Waals surface area contributed by atoms with Crippen molar-refractivity contribution in [2.24, 2.45) is 0 Å². The van der Waals surface area contributed by atoms with E-state index in [0.717, 1.165) is 71.7 Å². The highest BCUT2D eigenvalue weighted by molar-refractivity contribution is 5.99. The van der Waals surface area contributed by atoms with E-state index in [1.165, 1.54) is 12.8 Å². The highest BCUT2D eigenvalue weighted by Gasteiger charge is 2.36. The van der Waals surface area contributed by atoms with Crippen LogP contribution in [-0.4, -0.2) is 66.9 Å². The molecule has 5 heterocycles. The summed E-state index contributed by atoms with van der Waals surface area (Å²) in [5.41, 5.74) is 6.46. The van der Waals surface area contributed by atoms with Gasteiger partial charge in [0, 0.05) is 55.3 Å². The molecule has 1 saturated heterocycles. The largest absolute Gasteiger partial charge is 0.367 e. The first-order valence-corrected chi connectivity index (χ1v) is 12.7. The molecule has 0 unspecified atom stereocenters. The Hall–Kier alpha value is -3.45. The van der Waals surface area contributed by atoms with Gasteiger partial charge in [-0.05, 0) is 57.4 Å². The minimum absolute atomic E-state index is 0.0656. The first-order chi connectivity index (χ1) is 17.0. The van der Waals surface area contributed by atoms with Gasteiger partial charge < -0.3 is 4.90 Å². The van der Waals surface area contributed by atoms with E-state index in [4.69, 9.17) is 5.10 Å². The molecule has 7 heteroatoms. The van der Waals surface area contributed by atoms with E-state index in [0.29, 0.717) is 6.04 Å². The van der Waals surface area contributed by atoms with Gasteiger partial charge in [-0.1, -0.05) is 19.1 Å². The Morgan fingerprint density at radius 1 is 1.11 bits per heavy atom. The van der Waals surface area contributed by atoms with E-state index < -0.39 is 0 Å². The van der Waals surface area contributed by atoms with Gasteiger partial charge in [-0.15, -0.1) is 0 Å². The number of carbonyl (C=O) groups is 1. The SMILES string of the molecule is CCc1nc(C)cn2nc(C3=C\C(=O)N4C=C(N5CCN(C6CC6)[C@H](C)C5)C=C\C4=C/C=C/3)cc12. The van der Waals surface area contributed by atoms with Crippen molar-refractivity contribution in [2.75, 3.05) is 19.6 Å². The monoisotopic (exact) mass is 468 g/mol.